The lowest BCUT2D eigenvalue weighted by molar-refractivity contribution is -0.143. The Morgan fingerprint density at radius 1 is 1.33 bits per heavy atom. The van der Waals surface area contributed by atoms with E-state index in [1.165, 1.54) is 6.92 Å². The van der Waals surface area contributed by atoms with E-state index < -0.39 is 33.1 Å². The number of carbonyl (C=O) groups is 3. The van der Waals surface area contributed by atoms with Crippen molar-refractivity contribution in [3.63, 3.8) is 0 Å². The van der Waals surface area contributed by atoms with Gasteiger partial charge in [0.2, 0.25) is 0 Å². The summed E-state index contributed by atoms with van der Waals surface area (Å²) in [5.74, 6) is -2.48. The molecule has 5 heteroatoms. The zero-order valence-electron chi connectivity index (χ0n) is 8.71. The minimum Gasteiger partial charge on any atom is -0.299 e. The van der Waals surface area contributed by atoms with Crippen molar-refractivity contribution in [2.24, 2.45) is 11.3 Å². The van der Waals surface area contributed by atoms with Gasteiger partial charge >= 0.3 is 0 Å². The summed E-state index contributed by atoms with van der Waals surface area (Å²) in [5.41, 5.74) is -0.665. The first kappa shape index (κ1) is 12.8. The molecule has 0 spiro atoms. The summed E-state index contributed by atoms with van der Waals surface area (Å²) < 4.78 is 0. The van der Waals surface area contributed by atoms with Crippen molar-refractivity contribution < 1.29 is 14.4 Å². The van der Waals surface area contributed by atoms with Crippen LogP contribution in [0.15, 0.2) is 0 Å². The fraction of sp³-hybridized carbons (Fsp3) is 0.700. The van der Waals surface area contributed by atoms with Gasteiger partial charge in [-0.05, 0) is 6.92 Å². The van der Waals surface area contributed by atoms with Crippen molar-refractivity contribution in [2.75, 3.05) is 0 Å². The molecule has 0 aromatic carbocycles. The molecule has 0 aromatic heterocycles. The molecular formula is C10H12BrClO3. The van der Waals surface area contributed by atoms with Crippen molar-refractivity contribution in [2.45, 2.75) is 31.0 Å². The molecule has 3 nitrogen and oxygen atoms in total. The standard InChI is InChI=1S/C10H12BrClO3/c1-4(13)5-6(14)8(11)10(2,3)9(12)7(5)15/h5,8-9H,1-3H3/t5-,8-,9-/m0/s1. The van der Waals surface area contributed by atoms with E-state index in [2.05, 4.69) is 15.9 Å². The van der Waals surface area contributed by atoms with Crippen molar-refractivity contribution in [1.82, 2.24) is 0 Å². The van der Waals surface area contributed by atoms with Crippen LogP contribution < -0.4 is 0 Å². The van der Waals surface area contributed by atoms with Crippen molar-refractivity contribution in [3.8, 4) is 0 Å². The molecule has 84 valence electrons. The average Bonchev–Trinajstić information content (AvgIpc) is 2.12. The predicted molar refractivity (Wildman–Crippen MR) is 60.3 cm³/mol. The molecule has 0 amide bonds. The van der Waals surface area contributed by atoms with Gasteiger partial charge in [0.15, 0.2) is 11.6 Å². The van der Waals surface area contributed by atoms with Crippen LogP contribution in [0.1, 0.15) is 20.8 Å². The van der Waals surface area contributed by atoms with E-state index in [0.29, 0.717) is 0 Å². The van der Waals surface area contributed by atoms with E-state index in [4.69, 9.17) is 11.6 Å². The highest BCUT2D eigenvalue weighted by Gasteiger charge is 2.54. The number of halogens is 2. The number of hydrogen-bond acceptors (Lipinski definition) is 3. The third-order valence-electron chi connectivity index (χ3n) is 2.78. The van der Waals surface area contributed by atoms with Gasteiger partial charge in [0.25, 0.3) is 0 Å². The third-order valence-corrected chi connectivity index (χ3v) is 5.19. The molecular weight excluding hydrogens is 283 g/mol. The van der Waals surface area contributed by atoms with E-state index in [1.54, 1.807) is 13.8 Å². The molecule has 0 bridgehead atoms. The second kappa shape index (κ2) is 3.98. The molecule has 0 aromatic rings. The Bertz CT molecular complexity index is 314. The van der Waals surface area contributed by atoms with Gasteiger partial charge in [-0.2, -0.15) is 0 Å². The van der Waals surface area contributed by atoms with Crippen LogP contribution in [0.2, 0.25) is 0 Å². The highest BCUT2D eigenvalue weighted by atomic mass is 79.9. The van der Waals surface area contributed by atoms with Crippen LogP contribution in [0.3, 0.4) is 0 Å². The van der Waals surface area contributed by atoms with Crippen LogP contribution in [0.25, 0.3) is 0 Å². The number of rotatable bonds is 1. The van der Waals surface area contributed by atoms with Crippen molar-refractivity contribution in [1.29, 1.82) is 0 Å². The molecule has 1 aliphatic rings. The molecule has 0 radical (unpaired) electrons. The Morgan fingerprint density at radius 2 is 1.80 bits per heavy atom. The smallest absolute Gasteiger partial charge is 0.169 e. The summed E-state index contributed by atoms with van der Waals surface area (Å²) in [7, 11) is 0. The minimum atomic E-state index is -1.19. The Hall–Kier alpha value is -0.220. The molecule has 3 atom stereocenters. The summed E-state index contributed by atoms with van der Waals surface area (Å²) in [6.45, 7) is 4.70. The van der Waals surface area contributed by atoms with Crippen LogP contribution in [0, 0.1) is 11.3 Å². The SMILES string of the molecule is CC(=O)[C@@H]1C(=O)[C@H](Cl)C(C)(C)[C@@H](Br)C1=O. The predicted octanol–water partition coefficient (Wildman–Crippen LogP) is 1.74. The highest BCUT2D eigenvalue weighted by molar-refractivity contribution is 9.10. The van der Waals surface area contributed by atoms with Crippen molar-refractivity contribution >= 4 is 44.9 Å². The van der Waals surface area contributed by atoms with E-state index >= 15 is 0 Å². The van der Waals surface area contributed by atoms with Crippen LogP contribution in [-0.4, -0.2) is 27.6 Å². The summed E-state index contributed by atoms with van der Waals surface area (Å²) in [5, 5.41) is -0.812. The summed E-state index contributed by atoms with van der Waals surface area (Å²) in [4.78, 5) is 34.2. The van der Waals surface area contributed by atoms with Gasteiger partial charge in [0, 0.05) is 5.41 Å². The van der Waals surface area contributed by atoms with Gasteiger partial charge in [0.05, 0.1) is 10.2 Å². The van der Waals surface area contributed by atoms with Gasteiger partial charge in [0.1, 0.15) is 11.7 Å². The second-order valence-electron chi connectivity index (χ2n) is 4.39. The largest absolute Gasteiger partial charge is 0.299 e. The quantitative estimate of drug-likeness (QED) is 0.547. The molecule has 1 aliphatic carbocycles. The molecule has 0 heterocycles. The molecule has 1 saturated carbocycles. The Morgan fingerprint density at radius 3 is 2.20 bits per heavy atom. The van der Waals surface area contributed by atoms with E-state index in [9.17, 15) is 14.4 Å². The second-order valence-corrected chi connectivity index (χ2v) is 5.75. The molecule has 0 N–H and O–H groups in total. The first-order valence-electron chi connectivity index (χ1n) is 4.57. The fourth-order valence-electron chi connectivity index (χ4n) is 1.70. The van der Waals surface area contributed by atoms with E-state index in [0.717, 1.165) is 0 Å². The lowest BCUT2D eigenvalue weighted by Gasteiger charge is -2.39. The van der Waals surface area contributed by atoms with Crippen LogP contribution >= 0.6 is 27.5 Å². The van der Waals surface area contributed by atoms with E-state index in [-0.39, 0.29) is 5.78 Å². The number of alkyl halides is 2. The molecule has 0 unspecified atom stereocenters. The Balaban J connectivity index is 3.17. The maximum absolute atomic E-state index is 11.8. The summed E-state index contributed by atoms with van der Waals surface area (Å²) in [6, 6.07) is 0. The highest BCUT2D eigenvalue weighted by Crippen LogP contribution is 2.42. The third kappa shape index (κ3) is 1.89. The average molecular weight is 296 g/mol. The Kier molecular flexibility index (Phi) is 3.41. The number of ketones is 3. The van der Waals surface area contributed by atoms with Crippen LogP contribution in [0.5, 0.6) is 0 Å². The van der Waals surface area contributed by atoms with Gasteiger partial charge in [-0.3, -0.25) is 14.4 Å². The fourth-order valence-corrected chi connectivity index (χ4v) is 2.63. The zero-order chi connectivity index (χ0) is 12.0. The van der Waals surface area contributed by atoms with Crippen molar-refractivity contribution in [3.05, 3.63) is 0 Å². The Labute approximate surface area is 102 Å². The maximum Gasteiger partial charge on any atom is 0.169 e. The molecule has 1 rings (SSSR count). The first-order valence-corrected chi connectivity index (χ1v) is 5.92. The van der Waals surface area contributed by atoms with Gasteiger partial charge in [-0.15, -0.1) is 11.6 Å². The molecule has 0 saturated heterocycles. The molecule has 1 fully saturated rings. The van der Waals surface area contributed by atoms with Gasteiger partial charge in [-0.25, -0.2) is 0 Å². The minimum absolute atomic E-state index is 0.380. The van der Waals surface area contributed by atoms with Gasteiger partial charge in [-0.1, -0.05) is 29.8 Å². The monoisotopic (exact) mass is 294 g/mol. The lowest BCUT2D eigenvalue weighted by atomic mass is 9.70. The van der Waals surface area contributed by atoms with Gasteiger partial charge < -0.3 is 0 Å². The van der Waals surface area contributed by atoms with Crippen LogP contribution in [0.4, 0.5) is 0 Å². The first-order chi connectivity index (χ1) is 6.71. The summed E-state index contributed by atoms with van der Waals surface area (Å²) >= 11 is 9.19. The topological polar surface area (TPSA) is 51.2 Å². The normalized spacial score (nSPS) is 35.4. The maximum atomic E-state index is 11.8. The molecule has 15 heavy (non-hydrogen) atoms. The van der Waals surface area contributed by atoms with E-state index in [1.807, 2.05) is 0 Å². The zero-order valence-corrected chi connectivity index (χ0v) is 11.1. The lowest BCUT2D eigenvalue weighted by Crippen LogP contribution is -2.55. The number of hydrogen-bond donors (Lipinski definition) is 0. The number of Topliss-reactive ketones (excluding diaryl/α,β-unsaturated/α-hetero) is 3. The number of carbonyl (C=O) groups excluding carboxylic acids is 3. The molecule has 0 aliphatic heterocycles. The van der Waals surface area contributed by atoms with Crippen LogP contribution in [-0.2, 0) is 14.4 Å². The summed E-state index contributed by atoms with van der Waals surface area (Å²) in [6.07, 6.45) is 0.